The fourth-order valence-corrected chi connectivity index (χ4v) is 5.65. The van der Waals surface area contributed by atoms with Crippen LogP contribution in [-0.4, -0.2) is 59.6 Å². The number of carbonyl (C=O) groups is 2. The van der Waals surface area contributed by atoms with Gasteiger partial charge in [0.15, 0.2) is 11.5 Å². The highest BCUT2D eigenvalue weighted by Gasteiger charge is 2.39. The van der Waals surface area contributed by atoms with Crippen LogP contribution in [0, 0.1) is 0 Å². The third kappa shape index (κ3) is 4.95. The quantitative estimate of drug-likeness (QED) is 0.558. The van der Waals surface area contributed by atoms with Crippen LogP contribution in [0.3, 0.4) is 0 Å². The summed E-state index contributed by atoms with van der Waals surface area (Å²) in [6, 6.07) is 6.88. The zero-order chi connectivity index (χ0) is 25.0. The number of hydrogen-bond acceptors (Lipinski definition) is 8. The number of amides is 1. The van der Waals surface area contributed by atoms with E-state index in [1.54, 1.807) is 12.1 Å². The first kappa shape index (κ1) is 25.3. The van der Waals surface area contributed by atoms with Crippen molar-refractivity contribution in [2.45, 2.75) is 30.7 Å². The Labute approximate surface area is 198 Å². The molecule has 0 fully saturated rings. The standard InChI is InChI=1S/C23H28N2O8S/c1-14(26)24-18-11-16(6-7-20(18)30-2)34(28,29)25-9-8-15-10-21(31-3)22(32-4)12-17(15)19(25)13-23(27)33-5/h6-7,10-12,19H,8-9,13H2,1-5H3,(H,24,26)/t19-/m0/s1. The number of ether oxygens (including phenoxy) is 4. The first-order valence-corrected chi connectivity index (χ1v) is 11.9. The van der Waals surface area contributed by atoms with E-state index in [0.29, 0.717) is 29.2 Å². The molecule has 1 N–H and O–H groups in total. The SMILES string of the molecule is COC(=O)C[C@H]1c2cc(OC)c(OC)cc2CCN1S(=O)(=O)c1ccc(OC)c(NC(C)=O)c1. The highest BCUT2D eigenvalue weighted by molar-refractivity contribution is 7.89. The van der Waals surface area contributed by atoms with E-state index in [1.807, 2.05) is 0 Å². The van der Waals surface area contributed by atoms with Gasteiger partial charge in [0, 0.05) is 13.5 Å². The molecule has 1 aliphatic rings. The summed E-state index contributed by atoms with van der Waals surface area (Å²) in [5, 5.41) is 2.58. The lowest BCUT2D eigenvalue weighted by atomic mass is 9.91. The summed E-state index contributed by atoms with van der Waals surface area (Å²) in [6.45, 7) is 1.45. The third-order valence-corrected chi connectivity index (χ3v) is 7.53. The third-order valence-electron chi connectivity index (χ3n) is 5.63. The summed E-state index contributed by atoms with van der Waals surface area (Å²) in [4.78, 5) is 23.8. The first-order valence-electron chi connectivity index (χ1n) is 10.4. The number of benzene rings is 2. The molecule has 0 radical (unpaired) electrons. The Morgan fingerprint density at radius 3 is 2.24 bits per heavy atom. The van der Waals surface area contributed by atoms with E-state index in [9.17, 15) is 18.0 Å². The van der Waals surface area contributed by atoms with Crippen molar-refractivity contribution in [3.8, 4) is 17.2 Å². The summed E-state index contributed by atoms with van der Waals surface area (Å²) in [6.07, 6.45) is 0.216. The van der Waals surface area contributed by atoms with Gasteiger partial charge >= 0.3 is 5.97 Å². The lowest BCUT2D eigenvalue weighted by Crippen LogP contribution is -2.41. The van der Waals surface area contributed by atoms with Crippen LogP contribution in [0.25, 0.3) is 0 Å². The van der Waals surface area contributed by atoms with Crippen LogP contribution in [0.1, 0.15) is 30.5 Å². The Morgan fingerprint density at radius 1 is 1.00 bits per heavy atom. The maximum Gasteiger partial charge on any atom is 0.307 e. The first-order chi connectivity index (χ1) is 16.2. The van der Waals surface area contributed by atoms with Gasteiger partial charge in [0.25, 0.3) is 0 Å². The van der Waals surface area contributed by atoms with Crippen LogP contribution in [0.5, 0.6) is 17.2 Å². The second-order valence-corrected chi connectivity index (χ2v) is 9.50. The predicted molar refractivity (Wildman–Crippen MR) is 124 cm³/mol. The number of carbonyl (C=O) groups excluding carboxylic acids is 2. The molecule has 0 spiro atoms. The van der Waals surface area contributed by atoms with Crippen LogP contribution in [0.15, 0.2) is 35.2 Å². The van der Waals surface area contributed by atoms with Crippen molar-refractivity contribution in [1.29, 1.82) is 0 Å². The fourth-order valence-electron chi connectivity index (χ4n) is 4.02. The lowest BCUT2D eigenvalue weighted by Gasteiger charge is -2.36. The van der Waals surface area contributed by atoms with Gasteiger partial charge in [0.2, 0.25) is 15.9 Å². The Kier molecular flexibility index (Phi) is 7.68. The molecule has 11 heteroatoms. The molecule has 1 amide bonds. The molecule has 0 saturated heterocycles. The van der Waals surface area contributed by atoms with Crippen molar-refractivity contribution in [3.63, 3.8) is 0 Å². The van der Waals surface area contributed by atoms with E-state index >= 15 is 0 Å². The molecule has 3 rings (SSSR count). The Bertz CT molecular complexity index is 1200. The highest BCUT2D eigenvalue weighted by Crippen LogP contribution is 2.42. The minimum absolute atomic E-state index is 0.0455. The number of methoxy groups -OCH3 is 4. The van der Waals surface area contributed by atoms with Gasteiger partial charge in [-0.3, -0.25) is 9.59 Å². The van der Waals surface area contributed by atoms with Gasteiger partial charge in [0.1, 0.15) is 5.75 Å². The maximum absolute atomic E-state index is 13.8. The molecule has 2 aromatic rings. The van der Waals surface area contributed by atoms with Gasteiger partial charge in [-0.15, -0.1) is 0 Å². The summed E-state index contributed by atoms with van der Waals surface area (Å²) in [5.74, 6) is 0.337. The number of fused-ring (bicyclic) bond motifs is 1. The largest absolute Gasteiger partial charge is 0.495 e. The smallest absolute Gasteiger partial charge is 0.307 e. The second kappa shape index (κ2) is 10.3. The van der Waals surface area contributed by atoms with E-state index in [-0.39, 0.29) is 29.5 Å². The normalized spacial score (nSPS) is 15.7. The molecule has 184 valence electrons. The molecular formula is C23H28N2O8S. The summed E-state index contributed by atoms with van der Waals surface area (Å²) in [5.41, 5.74) is 1.71. The van der Waals surface area contributed by atoms with Gasteiger partial charge in [-0.05, 0) is 47.9 Å². The molecule has 2 aromatic carbocycles. The average molecular weight is 493 g/mol. The van der Waals surface area contributed by atoms with Crippen molar-refractivity contribution in [3.05, 3.63) is 41.5 Å². The average Bonchev–Trinajstić information content (AvgIpc) is 2.82. The molecule has 1 heterocycles. The molecule has 0 bridgehead atoms. The van der Waals surface area contributed by atoms with Crippen LogP contribution in [0.4, 0.5) is 5.69 Å². The molecule has 0 aromatic heterocycles. The fraction of sp³-hybridized carbons (Fsp3) is 0.391. The molecular weight excluding hydrogens is 464 g/mol. The number of nitrogens with zero attached hydrogens (tertiary/aromatic N) is 1. The monoisotopic (exact) mass is 492 g/mol. The number of sulfonamides is 1. The minimum Gasteiger partial charge on any atom is -0.495 e. The van der Waals surface area contributed by atoms with E-state index < -0.39 is 22.0 Å². The van der Waals surface area contributed by atoms with Crippen LogP contribution in [0.2, 0.25) is 0 Å². The Morgan fingerprint density at radius 2 is 1.65 bits per heavy atom. The van der Waals surface area contributed by atoms with Crippen LogP contribution in [-0.2, 0) is 30.8 Å². The van der Waals surface area contributed by atoms with E-state index in [4.69, 9.17) is 18.9 Å². The van der Waals surface area contributed by atoms with Crippen molar-refractivity contribution in [1.82, 2.24) is 4.31 Å². The maximum atomic E-state index is 13.8. The van der Waals surface area contributed by atoms with E-state index in [2.05, 4.69) is 5.32 Å². The molecule has 10 nitrogen and oxygen atoms in total. The van der Waals surface area contributed by atoms with Gasteiger partial charge in [0.05, 0.1) is 51.5 Å². The lowest BCUT2D eigenvalue weighted by molar-refractivity contribution is -0.141. The number of anilines is 1. The minimum atomic E-state index is -4.08. The molecule has 0 aliphatic carbocycles. The Balaban J connectivity index is 2.12. The number of rotatable bonds is 8. The zero-order valence-corrected chi connectivity index (χ0v) is 20.5. The van der Waals surface area contributed by atoms with Crippen molar-refractivity contribution in [2.75, 3.05) is 40.3 Å². The number of hydrogen-bond donors (Lipinski definition) is 1. The summed E-state index contributed by atoms with van der Waals surface area (Å²) >= 11 is 0. The van der Waals surface area contributed by atoms with Crippen molar-refractivity contribution >= 4 is 27.6 Å². The van der Waals surface area contributed by atoms with Crippen LogP contribution >= 0.6 is 0 Å². The number of esters is 1. The van der Waals surface area contributed by atoms with Crippen molar-refractivity contribution < 1.29 is 37.0 Å². The molecule has 0 saturated carbocycles. The van der Waals surface area contributed by atoms with Gasteiger partial charge < -0.3 is 24.3 Å². The zero-order valence-electron chi connectivity index (χ0n) is 19.7. The topological polar surface area (TPSA) is 120 Å². The van der Waals surface area contributed by atoms with Crippen molar-refractivity contribution in [2.24, 2.45) is 0 Å². The summed E-state index contributed by atoms with van der Waals surface area (Å²) < 4.78 is 49.6. The van der Waals surface area contributed by atoms with Gasteiger partial charge in [-0.2, -0.15) is 4.31 Å². The van der Waals surface area contributed by atoms with Gasteiger partial charge in [-0.25, -0.2) is 8.42 Å². The number of nitrogens with one attached hydrogen (secondary N) is 1. The molecule has 1 atom stereocenters. The summed E-state index contributed by atoms with van der Waals surface area (Å²) in [7, 11) is 1.60. The van der Waals surface area contributed by atoms with Gasteiger partial charge in [-0.1, -0.05) is 0 Å². The Hall–Kier alpha value is -3.31. The second-order valence-electron chi connectivity index (χ2n) is 7.61. The predicted octanol–water partition coefficient (Wildman–Crippen LogP) is 2.52. The van der Waals surface area contributed by atoms with Crippen LogP contribution < -0.4 is 19.5 Å². The molecule has 34 heavy (non-hydrogen) atoms. The highest BCUT2D eigenvalue weighted by atomic mass is 32.2. The van der Waals surface area contributed by atoms with E-state index in [0.717, 1.165) is 5.56 Å². The molecule has 1 aliphatic heterocycles. The molecule has 0 unspecified atom stereocenters. The van der Waals surface area contributed by atoms with E-state index in [1.165, 1.54) is 57.9 Å².